The molecule has 0 bridgehead atoms. The second-order valence-electron chi connectivity index (χ2n) is 5.35. The Bertz CT molecular complexity index is 470. The monoisotopic (exact) mass is 290 g/mol. The van der Waals surface area contributed by atoms with E-state index < -0.39 is 0 Å². The molecule has 1 aliphatic carbocycles. The Balaban J connectivity index is 1.80. The molecule has 0 unspecified atom stereocenters. The van der Waals surface area contributed by atoms with Gasteiger partial charge in [-0.2, -0.15) is 0 Å². The van der Waals surface area contributed by atoms with E-state index in [4.69, 9.17) is 4.74 Å². The molecular weight excluding hydrogens is 264 g/mol. The molecule has 116 valence electrons. The topological polar surface area (TPSA) is 41.6 Å². The lowest BCUT2D eigenvalue weighted by Crippen LogP contribution is -2.41. The van der Waals surface area contributed by atoms with Crippen molar-refractivity contribution in [3.05, 3.63) is 29.3 Å². The highest BCUT2D eigenvalue weighted by molar-refractivity contribution is 5.74. The Hall–Kier alpha value is -1.71. The van der Waals surface area contributed by atoms with Crippen LogP contribution >= 0.6 is 0 Å². The van der Waals surface area contributed by atoms with Crippen molar-refractivity contribution < 1.29 is 9.53 Å². The standard InChI is InChI=1S/C17H26N2O2/c1-3-19(4-2)17(20)18-12-13-21-16-11-7-9-14-8-5-6-10-15(14)16/h7,9,11H,3-6,8,10,12-13H2,1-2H3,(H,18,20). The molecule has 0 atom stereocenters. The number of fused-ring (bicyclic) bond motifs is 1. The number of carbonyl (C=O) groups is 1. The predicted octanol–water partition coefficient (Wildman–Crippen LogP) is 3.00. The van der Waals surface area contributed by atoms with Crippen LogP contribution in [0.15, 0.2) is 18.2 Å². The number of benzene rings is 1. The third-order valence-corrected chi connectivity index (χ3v) is 4.04. The van der Waals surface area contributed by atoms with Gasteiger partial charge in [0.2, 0.25) is 0 Å². The Morgan fingerprint density at radius 1 is 1.24 bits per heavy atom. The molecule has 1 aliphatic rings. The van der Waals surface area contributed by atoms with Gasteiger partial charge in [0.1, 0.15) is 12.4 Å². The van der Waals surface area contributed by atoms with E-state index in [1.165, 1.54) is 24.0 Å². The number of nitrogens with zero attached hydrogens (tertiary/aromatic N) is 1. The first-order valence-electron chi connectivity index (χ1n) is 8.02. The molecule has 0 aromatic heterocycles. The minimum Gasteiger partial charge on any atom is -0.491 e. The zero-order valence-corrected chi connectivity index (χ0v) is 13.2. The number of aryl methyl sites for hydroxylation is 1. The molecule has 4 nitrogen and oxygen atoms in total. The number of carbonyl (C=O) groups excluding carboxylic acids is 1. The summed E-state index contributed by atoms with van der Waals surface area (Å²) in [5.74, 6) is 0.990. The van der Waals surface area contributed by atoms with E-state index in [0.29, 0.717) is 13.2 Å². The molecule has 0 saturated carbocycles. The number of urea groups is 1. The van der Waals surface area contributed by atoms with E-state index >= 15 is 0 Å². The molecule has 1 aromatic carbocycles. The molecular formula is C17H26N2O2. The lowest BCUT2D eigenvalue weighted by atomic mass is 9.91. The van der Waals surface area contributed by atoms with E-state index in [9.17, 15) is 4.79 Å². The van der Waals surface area contributed by atoms with Crippen molar-refractivity contribution in [1.82, 2.24) is 10.2 Å². The molecule has 0 saturated heterocycles. The maximum absolute atomic E-state index is 11.8. The summed E-state index contributed by atoms with van der Waals surface area (Å²) in [7, 11) is 0. The molecule has 0 aliphatic heterocycles. The largest absolute Gasteiger partial charge is 0.491 e. The van der Waals surface area contributed by atoms with Crippen LogP contribution < -0.4 is 10.1 Å². The quantitative estimate of drug-likeness (QED) is 0.818. The summed E-state index contributed by atoms with van der Waals surface area (Å²) in [6, 6.07) is 6.28. The van der Waals surface area contributed by atoms with Crippen LogP contribution in [0.5, 0.6) is 5.75 Å². The third kappa shape index (κ3) is 4.13. The fourth-order valence-corrected chi connectivity index (χ4v) is 2.82. The summed E-state index contributed by atoms with van der Waals surface area (Å²) >= 11 is 0. The highest BCUT2D eigenvalue weighted by atomic mass is 16.5. The van der Waals surface area contributed by atoms with Gasteiger partial charge >= 0.3 is 6.03 Å². The number of hydrogen-bond acceptors (Lipinski definition) is 2. The van der Waals surface area contributed by atoms with E-state index in [-0.39, 0.29) is 6.03 Å². The molecule has 2 amide bonds. The Morgan fingerprint density at radius 3 is 2.76 bits per heavy atom. The Morgan fingerprint density at radius 2 is 2.00 bits per heavy atom. The zero-order valence-electron chi connectivity index (χ0n) is 13.2. The van der Waals surface area contributed by atoms with Crippen molar-refractivity contribution in [2.45, 2.75) is 39.5 Å². The first kappa shape index (κ1) is 15.7. The van der Waals surface area contributed by atoms with Crippen LogP contribution in [0.3, 0.4) is 0 Å². The molecule has 0 spiro atoms. The maximum atomic E-state index is 11.8. The number of amides is 2. The Kier molecular flexibility index (Phi) is 5.90. The highest BCUT2D eigenvalue weighted by Gasteiger charge is 2.14. The minimum atomic E-state index is -0.0151. The second kappa shape index (κ2) is 7.91. The van der Waals surface area contributed by atoms with Crippen LogP contribution in [0.4, 0.5) is 4.79 Å². The van der Waals surface area contributed by atoms with Crippen LogP contribution in [0, 0.1) is 0 Å². The molecule has 4 heteroatoms. The molecule has 2 rings (SSSR count). The fourth-order valence-electron chi connectivity index (χ4n) is 2.82. The van der Waals surface area contributed by atoms with Gasteiger partial charge in [-0.25, -0.2) is 4.79 Å². The molecule has 0 heterocycles. The molecule has 1 N–H and O–H groups in total. The van der Waals surface area contributed by atoms with Gasteiger partial charge in [0, 0.05) is 13.1 Å². The van der Waals surface area contributed by atoms with Crippen LogP contribution in [0.2, 0.25) is 0 Å². The van der Waals surface area contributed by atoms with Gasteiger partial charge in [0.25, 0.3) is 0 Å². The average Bonchev–Trinajstić information content (AvgIpc) is 2.53. The van der Waals surface area contributed by atoms with Crippen molar-refractivity contribution in [3.63, 3.8) is 0 Å². The second-order valence-corrected chi connectivity index (χ2v) is 5.35. The van der Waals surface area contributed by atoms with Crippen molar-refractivity contribution in [3.8, 4) is 5.75 Å². The molecule has 0 radical (unpaired) electrons. The van der Waals surface area contributed by atoms with Gasteiger partial charge in [-0.1, -0.05) is 12.1 Å². The van der Waals surface area contributed by atoms with Crippen molar-refractivity contribution >= 4 is 6.03 Å². The number of rotatable bonds is 6. The first-order chi connectivity index (χ1) is 10.3. The van der Waals surface area contributed by atoms with Gasteiger partial charge in [-0.05, 0) is 56.7 Å². The van der Waals surface area contributed by atoms with Gasteiger partial charge in [0.15, 0.2) is 0 Å². The van der Waals surface area contributed by atoms with E-state index in [2.05, 4.69) is 17.4 Å². The number of hydrogen-bond donors (Lipinski definition) is 1. The summed E-state index contributed by atoms with van der Waals surface area (Å²) in [6.45, 7) is 6.49. The third-order valence-electron chi connectivity index (χ3n) is 4.04. The molecule has 0 fully saturated rings. The number of nitrogens with one attached hydrogen (secondary N) is 1. The summed E-state index contributed by atoms with van der Waals surface area (Å²) in [5, 5.41) is 2.90. The molecule has 21 heavy (non-hydrogen) atoms. The summed E-state index contributed by atoms with van der Waals surface area (Å²) in [4.78, 5) is 13.6. The lowest BCUT2D eigenvalue weighted by Gasteiger charge is -2.21. The highest BCUT2D eigenvalue weighted by Crippen LogP contribution is 2.29. The van der Waals surface area contributed by atoms with Crippen molar-refractivity contribution in [2.75, 3.05) is 26.2 Å². The zero-order chi connectivity index (χ0) is 15.1. The van der Waals surface area contributed by atoms with Gasteiger partial charge < -0.3 is 15.0 Å². The SMILES string of the molecule is CCN(CC)C(=O)NCCOc1cccc2c1CCCC2. The van der Waals surface area contributed by atoms with Crippen molar-refractivity contribution in [1.29, 1.82) is 0 Å². The van der Waals surface area contributed by atoms with Crippen LogP contribution in [0.25, 0.3) is 0 Å². The van der Waals surface area contributed by atoms with Gasteiger partial charge in [0.05, 0.1) is 6.54 Å². The van der Waals surface area contributed by atoms with Crippen LogP contribution in [0.1, 0.15) is 37.8 Å². The van der Waals surface area contributed by atoms with Gasteiger partial charge in [-0.3, -0.25) is 0 Å². The normalized spacial score (nSPS) is 13.4. The minimum absolute atomic E-state index is 0.0151. The van der Waals surface area contributed by atoms with E-state index in [0.717, 1.165) is 31.7 Å². The summed E-state index contributed by atoms with van der Waals surface area (Å²) in [5.41, 5.74) is 2.78. The van der Waals surface area contributed by atoms with Crippen LogP contribution in [-0.4, -0.2) is 37.2 Å². The lowest BCUT2D eigenvalue weighted by molar-refractivity contribution is 0.200. The fraction of sp³-hybridized carbons (Fsp3) is 0.588. The van der Waals surface area contributed by atoms with E-state index in [1.54, 1.807) is 4.90 Å². The predicted molar refractivity (Wildman–Crippen MR) is 84.9 cm³/mol. The Labute approximate surface area is 127 Å². The maximum Gasteiger partial charge on any atom is 0.317 e. The summed E-state index contributed by atoms with van der Waals surface area (Å²) in [6.07, 6.45) is 4.78. The van der Waals surface area contributed by atoms with Gasteiger partial charge in [-0.15, -0.1) is 0 Å². The average molecular weight is 290 g/mol. The number of ether oxygens (including phenoxy) is 1. The first-order valence-corrected chi connectivity index (χ1v) is 8.02. The van der Waals surface area contributed by atoms with Crippen LogP contribution in [-0.2, 0) is 12.8 Å². The molecule has 1 aromatic rings. The smallest absolute Gasteiger partial charge is 0.317 e. The summed E-state index contributed by atoms with van der Waals surface area (Å²) < 4.78 is 5.87. The van der Waals surface area contributed by atoms with E-state index in [1.807, 2.05) is 19.9 Å². The van der Waals surface area contributed by atoms with Crippen molar-refractivity contribution in [2.24, 2.45) is 0 Å².